The average molecular weight is 366 g/mol. The molecule has 0 spiro atoms. The van der Waals surface area contributed by atoms with Gasteiger partial charge in [-0.3, -0.25) is 0 Å². The van der Waals surface area contributed by atoms with Crippen LogP contribution in [0.25, 0.3) is 11.4 Å². The highest BCUT2D eigenvalue weighted by Crippen LogP contribution is 2.26. The van der Waals surface area contributed by atoms with Crippen molar-refractivity contribution in [1.82, 2.24) is 14.9 Å². The second-order valence-electron chi connectivity index (χ2n) is 4.96. The molecule has 3 aromatic rings. The van der Waals surface area contributed by atoms with E-state index in [-0.39, 0.29) is 11.6 Å². The molecule has 0 fully saturated rings. The third kappa shape index (κ3) is 4.05. The maximum absolute atomic E-state index is 13.6. The molecule has 25 heavy (non-hydrogen) atoms. The Morgan fingerprint density at radius 1 is 1.08 bits per heavy atom. The van der Waals surface area contributed by atoms with Crippen LogP contribution in [0.3, 0.4) is 0 Å². The van der Waals surface area contributed by atoms with E-state index in [4.69, 9.17) is 5.84 Å². The van der Waals surface area contributed by atoms with Crippen LogP contribution in [0.5, 0.6) is 5.75 Å². The lowest BCUT2D eigenvalue weighted by atomic mass is 10.2. The number of benzene rings is 2. The van der Waals surface area contributed by atoms with Crippen molar-refractivity contribution in [3.63, 3.8) is 0 Å². The van der Waals surface area contributed by atoms with Crippen molar-refractivity contribution in [1.29, 1.82) is 0 Å². The summed E-state index contributed by atoms with van der Waals surface area (Å²) in [6, 6.07) is 12.3. The first kappa shape index (κ1) is 17.2. The van der Waals surface area contributed by atoms with Gasteiger partial charge in [-0.25, -0.2) is 9.07 Å². The van der Waals surface area contributed by atoms with Crippen LogP contribution in [0.2, 0.25) is 0 Å². The van der Waals surface area contributed by atoms with E-state index < -0.39 is 6.61 Å². The summed E-state index contributed by atoms with van der Waals surface area (Å²) in [4.78, 5) is 0. The normalized spacial score (nSPS) is 11.0. The van der Waals surface area contributed by atoms with Crippen molar-refractivity contribution >= 4 is 11.8 Å². The molecule has 5 nitrogen and oxygen atoms in total. The molecule has 9 heteroatoms. The topological polar surface area (TPSA) is 66.0 Å². The summed E-state index contributed by atoms with van der Waals surface area (Å²) in [5.74, 6) is 6.43. The highest BCUT2D eigenvalue weighted by molar-refractivity contribution is 7.98. The van der Waals surface area contributed by atoms with Crippen LogP contribution in [-0.4, -0.2) is 21.5 Å². The van der Waals surface area contributed by atoms with Crippen molar-refractivity contribution < 1.29 is 17.9 Å². The number of thioether (sulfide) groups is 1. The molecule has 0 unspecified atom stereocenters. The lowest BCUT2D eigenvalue weighted by Gasteiger charge is -2.06. The first-order valence-electron chi connectivity index (χ1n) is 7.16. The van der Waals surface area contributed by atoms with Gasteiger partial charge in [0.15, 0.2) is 5.82 Å². The van der Waals surface area contributed by atoms with Gasteiger partial charge in [-0.1, -0.05) is 30.0 Å². The molecule has 0 amide bonds. The summed E-state index contributed by atoms with van der Waals surface area (Å²) in [6.45, 7) is -2.88. The van der Waals surface area contributed by atoms with E-state index in [9.17, 15) is 13.2 Å². The number of alkyl halides is 2. The summed E-state index contributed by atoms with van der Waals surface area (Å²) in [5, 5.41) is 8.39. The Bertz CT molecular complexity index is 855. The number of aromatic nitrogens is 3. The second-order valence-corrected chi connectivity index (χ2v) is 5.90. The van der Waals surface area contributed by atoms with Crippen LogP contribution in [0.4, 0.5) is 13.2 Å². The molecule has 2 N–H and O–H groups in total. The van der Waals surface area contributed by atoms with Gasteiger partial charge in [0.25, 0.3) is 0 Å². The molecule has 2 aromatic carbocycles. The molecule has 3 rings (SSSR count). The highest BCUT2D eigenvalue weighted by Gasteiger charge is 2.14. The summed E-state index contributed by atoms with van der Waals surface area (Å²) >= 11 is 1.24. The number of nitrogens with two attached hydrogens (primary N) is 1. The molecule has 0 saturated heterocycles. The van der Waals surface area contributed by atoms with Gasteiger partial charge in [0, 0.05) is 11.3 Å². The Balaban J connectivity index is 1.73. The van der Waals surface area contributed by atoms with Gasteiger partial charge < -0.3 is 10.6 Å². The average Bonchev–Trinajstić information content (AvgIpc) is 2.95. The Morgan fingerprint density at radius 2 is 1.80 bits per heavy atom. The lowest BCUT2D eigenvalue weighted by molar-refractivity contribution is -0.0498. The number of hydrogen-bond donors (Lipinski definition) is 1. The molecule has 1 aromatic heterocycles. The zero-order chi connectivity index (χ0) is 17.8. The van der Waals surface area contributed by atoms with Crippen molar-refractivity contribution in [2.24, 2.45) is 0 Å². The molecule has 0 aliphatic carbocycles. The Morgan fingerprint density at radius 3 is 2.48 bits per heavy atom. The fraction of sp³-hybridized carbons (Fsp3) is 0.125. The zero-order valence-electron chi connectivity index (χ0n) is 12.8. The minimum Gasteiger partial charge on any atom is -0.435 e. The Hall–Kier alpha value is -2.68. The fourth-order valence-corrected chi connectivity index (χ4v) is 2.96. The van der Waals surface area contributed by atoms with E-state index >= 15 is 0 Å². The van der Waals surface area contributed by atoms with Gasteiger partial charge in [-0.05, 0) is 35.9 Å². The molecule has 0 bridgehead atoms. The molecule has 0 atom stereocenters. The van der Waals surface area contributed by atoms with Crippen molar-refractivity contribution in [3.8, 4) is 17.1 Å². The van der Waals surface area contributed by atoms with E-state index in [0.29, 0.717) is 27.9 Å². The van der Waals surface area contributed by atoms with Crippen LogP contribution in [0, 0.1) is 5.82 Å². The third-order valence-electron chi connectivity index (χ3n) is 3.32. The highest BCUT2D eigenvalue weighted by atomic mass is 32.2. The summed E-state index contributed by atoms with van der Waals surface area (Å²) in [5.41, 5.74) is 1.12. The predicted octanol–water partition coefficient (Wildman–Crippen LogP) is 3.69. The van der Waals surface area contributed by atoms with Gasteiger partial charge >= 0.3 is 6.61 Å². The van der Waals surface area contributed by atoms with Gasteiger partial charge in [-0.15, -0.1) is 10.2 Å². The Labute approximate surface area is 145 Å². The van der Waals surface area contributed by atoms with E-state index in [1.165, 1.54) is 34.6 Å². The maximum Gasteiger partial charge on any atom is 0.387 e. The predicted molar refractivity (Wildman–Crippen MR) is 88.2 cm³/mol. The van der Waals surface area contributed by atoms with Crippen molar-refractivity contribution in [2.75, 3.05) is 5.84 Å². The number of nitrogen functional groups attached to an aromatic ring is 1. The van der Waals surface area contributed by atoms with Crippen molar-refractivity contribution in [2.45, 2.75) is 17.5 Å². The minimum absolute atomic E-state index is 0.0380. The number of hydrogen-bond acceptors (Lipinski definition) is 5. The van der Waals surface area contributed by atoms with Gasteiger partial charge in [0.2, 0.25) is 5.16 Å². The van der Waals surface area contributed by atoms with Crippen molar-refractivity contribution in [3.05, 3.63) is 59.9 Å². The van der Waals surface area contributed by atoms with Crippen LogP contribution in [0.1, 0.15) is 5.56 Å². The Kier molecular flexibility index (Phi) is 5.13. The van der Waals surface area contributed by atoms with Gasteiger partial charge in [-0.2, -0.15) is 8.78 Å². The monoisotopic (exact) mass is 366 g/mol. The molecule has 0 radical (unpaired) electrons. The van der Waals surface area contributed by atoms with E-state index in [2.05, 4.69) is 14.9 Å². The fourth-order valence-electron chi connectivity index (χ4n) is 2.12. The third-order valence-corrected chi connectivity index (χ3v) is 4.31. The van der Waals surface area contributed by atoms with Crippen LogP contribution >= 0.6 is 11.8 Å². The molecule has 0 aliphatic rings. The quantitative estimate of drug-likeness (QED) is 0.532. The smallest absolute Gasteiger partial charge is 0.387 e. The number of rotatable bonds is 6. The number of halogens is 3. The minimum atomic E-state index is -2.88. The van der Waals surface area contributed by atoms with Crippen LogP contribution in [-0.2, 0) is 5.75 Å². The van der Waals surface area contributed by atoms with E-state index in [0.717, 1.165) is 0 Å². The standard InChI is InChI=1S/C16H13F3N4OS/c17-13-4-2-1-3-11(13)9-25-16-22-21-14(23(16)20)10-5-7-12(8-6-10)24-15(18)19/h1-8,15H,9,20H2. The lowest BCUT2D eigenvalue weighted by Crippen LogP contribution is -2.11. The largest absolute Gasteiger partial charge is 0.435 e. The van der Waals surface area contributed by atoms with Crippen LogP contribution in [0.15, 0.2) is 53.7 Å². The first-order valence-corrected chi connectivity index (χ1v) is 8.15. The zero-order valence-corrected chi connectivity index (χ0v) is 13.6. The van der Waals surface area contributed by atoms with Gasteiger partial charge in [0.05, 0.1) is 0 Å². The molecular formula is C16H13F3N4OS. The number of ether oxygens (including phenoxy) is 1. The van der Waals surface area contributed by atoms with Crippen LogP contribution < -0.4 is 10.6 Å². The molecule has 1 heterocycles. The maximum atomic E-state index is 13.6. The van der Waals surface area contributed by atoms with E-state index in [1.54, 1.807) is 30.3 Å². The van der Waals surface area contributed by atoms with Gasteiger partial charge in [0.1, 0.15) is 11.6 Å². The summed E-state index contributed by atoms with van der Waals surface area (Å²) in [7, 11) is 0. The summed E-state index contributed by atoms with van der Waals surface area (Å²) < 4.78 is 43.5. The molecule has 0 saturated carbocycles. The van der Waals surface area contributed by atoms with E-state index in [1.807, 2.05) is 0 Å². The summed E-state index contributed by atoms with van der Waals surface area (Å²) in [6.07, 6.45) is 0. The molecule has 130 valence electrons. The molecule has 0 aliphatic heterocycles. The second kappa shape index (κ2) is 7.47. The molecular weight excluding hydrogens is 353 g/mol. The SMILES string of the molecule is Nn1c(SCc2ccccc2F)nnc1-c1ccc(OC(F)F)cc1. The number of nitrogens with zero attached hydrogens (tertiary/aromatic N) is 3. The first-order chi connectivity index (χ1) is 12.0.